The molecule has 2 aliphatic rings. The second-order valence-corrected chi connectivity index (χ2v) is 10.7. The van der Waals surface area contributed by atoms with Gasteiger partial charge in [0, 0.05) is 18.5 Å². The van der Waals surface area contributed by atoms with Crippen LogP contribution < -0.4 is 5.32 Å². The zero-order chi connectivity index (χ0) is 25.3. The van der Waals surface area contributed by atoms with Crippen LogP contribution in [0, 0.1) is 11.3 Å². The Bertz CT molecular complexity index is 1080. The SMILES string of the molecule is C[C@@H]1C[C@H](C(=O)O)CCN1C(=O)[C@@H](NC(=O)OCC1c2ccccc2-c2ccccc21)C(C)(C)C. The van der Waals surface area contributed by atoms with Crippen LogP contribution in [0.1, 0.15) is 57.6 Å². The van der Waals surface area contributed by atoms with Crippen molar-refractivity contribution in [3.8, 4) is 11.1 Å². The van der Waals surface area contributed by atoms with E-state index in [2.05, 4.69) is 29.6 Å². The molecule has 0 spiro atoms. The van der Waals surface area contributed by atoms with Crippen LogP contribution in [0.5, 0.6) is 0 Å². The number of nitrogens with one attached hydrogen (secondary N) is 1. The maximum atomic E-state index is 13.5. The second kappa shape index (κ2) is 9.72. The molecule has 1 heterocycles. The Balaban J connectivity index is 1.44. The van der Waals surface area contributed by atoms with Crippen LogP contribution in [0.2, 0.25) is 0 Å². The van der Waals surface area contributed by atoms with Gasteiger partial charge in [0.25, 0.3) is 0 Å². The third-order valence-electron chi connectivity index (χ3n) is 7.23. The summed E-state index contributed by atoms with van der Waals surface area (Å²) in [5, 5.41) is 12.1. The van der Waals surface area contributed by atoms with Gasteiger partial charge in [-0.05, 0) is 47.4 Å². The molecule has 7 heteroatoms. The summed E-state index contributed by atoms with van der Waals surface area (Å²) in [5.41, 5.74) is 4.00. The van der Waals surface area contributed by atoms with E-state index in [1.54, 1.807) is 4.90 Å². The van der Waals surface area contributed by atoms with E-state index in [-0.39, 0.29) is 24.5 Å². The van der Waals surface area contributed by atoms with Crippen molar-refractivity contribution >= 4 is 18.0 Å². The number of carboxylic acids is 1. The van der Waals surface area contributed by atoms with Crippen molar-refractivity contribution in [2.24, 2.45) is 11.3 Å². The summed E-state index contributed by atoms with van der Waals surface area (Å²) in [6.45, 7) is 8.08. The molecule has 7 nitrogen and oxygen atoms in total. The van der Waals surface area contributed by atoms with Gasteiger partial charge in [-0.1, -0.05) is 69.3 Å². The van der Waals surface area contributed by atoms with Crippen molar-refractivity contribution in [2.75, 3.05) is 13.2 Å². The Hall–Kier alpha value is -3.35. The van der Waals surface area contributed by atoms with Gasteiger partial charge in [0.1, 0.15) is 12.6 Å². The minimum absolute atomic E-state index is 0.0630. The number of piperidine rings is 1. The number of carboxylic acid groups (broad SMARTS) is 1. The molecule has 2 aromatic carbocycles. The normalized spacial score (nSPS) is 20.5. The van der Waals surface area contributed by atoms with Crippen molar-refractivity contribution in [3.63, 3.8) is 0 Å². The van der Waals surface area contributed by atoms with Gasteiger partial charge >= 0.3 is 12.1 Å². The van der Waals surface area contributed by atoms with Crippen LogP contribution in [0.3, 0.4) is 0 Å². The number of hydrogen-bond donors (Lipinski definition) is 2. The van der Waals surface area contributed by atoms with Crippen molar-refractivity contribution < 1.29 is 24.2 Å². The molecule has 186 valence electrons. The van der Waals surface area contributed by atoms with Gasteiger partial charge in [-0.25, -0.2) is 4.79 Å². The van der Waals surface area contributed by atoms with Gasteiger partial charge in [-0.3, -0.25) is 9.59 Å². The first-order valence-corrected chi connectivity index (χ1v) is 12.2. The molecule has 35 heavy (non-hydrogen) atoms. The summed E-state index contributed by atoms with van der Waals surface area (Å²) in [6.07, 6.45) is 0.184. The molecule has 0 aromatic heterocycles. The lowest BCUT2D eigenvalue weighted by molar-refractivity contribution is -0.149. The second-order valence-electron chi connectivity index (χ2n) is 10.7. The van der Waals surface area contributed by atoms with Crippen molar-refractivity contribution in [3.05, 3.63) is 59.7 Å². The van der Waals surface area contributed by atoms with E-state index >= 15 is 0 Å². The molecular formula is C28H34N2O5. The maximum Gasteiger partial charge on any atom is 0.407 e. The summed E-state index contributed by atoms with van der Waals surface area (Å²) in [5.74, 6) is -1.54. The average Bonchev–Trinajstić information content (AvgIpc) is 3.13. The highest BCUT2D eigenvalue weighted by molar-refractivity contribution is 5.87. The molecule has 4 rings (SSSR count). The Morgan fingerprint density at radius 2 is 1.63 bits per heavy atom. The predicted molar refractivity (Wildman–Crippen MR) is 133 cm³/mol. The van der Waals surface area contributed by atoms with E-state index < -0.39 is 29.4 Å². The van der Waals surface area contributed by atoms with Crippen molar-refractivity contribution in [1.29, 1.82) is 0 Å². The monoisotopic (exact) mass is 478 g/mol. The molecule has 1 aliphatic carbocycles. The lowest BCUT2D eigenvalue weighted by atomic mass is 9.84. The lowest BCUT2D eigenvalue weighted by Gasteiger charge is -2.41. The molecule has 1 fully saturated rings. The number of alkyl carbamates (subject to hydrolysis) is 1. The molecule has 0 saturated carbocycles. The molecule has 2 amide bonds. The highest BCUT2D eigenvalue weighted by Gasteiger charge is 2.40. The number of benzene rings is 2. The number of rotatable bonds is 5. The number of aliphatic carboxylic acids is 1. The summed E-state index contributed by atoms with van der Waals surface area (Å²) in [7, 11) is 0. The largest absolute Gasteiger partial charge is 0.481 e. The van der Waals surface area contributed by atoms with E-state index in [1.165, 1.54) is 0 Å². The number of amides is 2. The molecule has 1 aliphatic heterocycles. The molecule has 0 unspecified atom stereocenters. The number of nitrogens with zero attached hydrogens (tertiary/aromatic N) is 1. The topological polar surface area (TPSA) is 95.9 Å². The maximum absolute atomic E-state index is 13.5. The lowest BCUT2D eigenvalue weighted by Crippen LogP contribution is -2.58. The third kappa shape index (κ3) is 5.04. The number of carbonyl (C=O) groups is 3. The minimum Gasteiger partial charge on any atom is -0.481 e. The van der Waals surface area contributed by atoms with E-state index in [0.29, 0.717) is 19.4 Å². The molecular weight excluding hydrogens is 444 g/mol. The predicted octanol–water partition coefficient (Wildman–Crippen LogP) is 4.65. The van der Waals surface area contributed by atoms with Crippen LogP contribution in [-0.2, 0) is 14.3 Å². The zero-order valence-corrected chi connectivity index (χ0v) is 20.8. The number of carbonyl (C=O) groups excluding carboxylic acids is 2. The first-order valence-electron chi connectivity index (χ1n) is 12.2. The summed E-state index contributed by atoms with van der Waals surface area (Å²) >= 11 is 0. The molecule has 0 bridgehead atoms. The Labute approximate surface area is 206 Å². The van der Waals surface area contributed by atoms with Gasteiger partial charge in [0.15, 0.2) is 0 Å². The standard InChI is InChI=1S/C28H34N2O5/c1-17-15-18(26(32)33)13-14-30(17)25(31)24(28(2,3)4)29-27(34)35-16-23-21-11-7-5-9-19(21)20-10-6-8-12-22(20)23/h5-12,17-18,23-24H,13-16H2,1-4H3,(H,29,34)(H,32,33)/t17-,18-,24-/m1/s1. The number of hydrogen-bond acceptors (Lipinski definition) is 4. The van der Waals surface area contributed by atoms with Crippen LogP contribution in [0.4, 0.5) is 4.79 Å². The fourth-order valence-electron chi connectivity index (χ4n) is 5.30. The molecule has 1 saturated heterocycles. The van der Waals surface area contributed by atoms with Gasteiger partial charge in [-0.2, -0.15) is 0 Å². The Morgan fingerprint density at radius 3 is 2.14 bits per heavy atom. The summed E-state index contributed by atoms with van der Waals surface area (Å²) in [4.78, 5) is 39.4. The summed E-state index contributed by atoms with van der Waals surface area (Å²) < 4.78 is 5.68. The molecule has 2 N–H and O–H groups in total. The average molecular weight is 479 g/mol. The van der Waals surface area contributed by atoms with E-state index in [0.717, 1.165) is 22.3 Å². The molecule has 3 atom stereocenters. The van der Waals surface area contributed by atoms with Gasteiger partial charge < -0.3 is 20.1 Å². The van der Waals surface area contributed by atoms with Crippen LogP contribution >= 0.6 is 0 Å². The zero-order valence-electron chi connectivity index (χ0n) is 20.8. The fraction of sp³-hybridized carbons (Fsp3) is 0.464. The Morgan fingerprint density at radius 1 is 1.06 bits per heavy atom. The van der Waals surface area contributed by atoms with Crippen LogP contribution in [0.15, 0.2) is 48.5 Å². The van der Waals surface area contributed by atoms with Crippen molar-refractivity contribution in [2.45, 2.75) is 58.5 Å². The minimum atomic E-state index is -0.826. The first-order chi connectivity index (χ1) is 16.6. The first kappa shape index (κ1) is 24.8. The fourth-order valence-corrected chi connectivity index (χ4v) is 5.30. The number of ether oxygens (including phenoxy) is 1. The number of likely N-dealkylation sites (tertiary alicyclic amines) is 1. The van der Waals surface area contributed by atoms with Crippen LogP contribution in [-0.4, -0.2) is 53.2 Å². The quantitative estimate of drug-likeness (QED) is 0.652. The molecule has 2 aromatic rings. The number of fused-ring (bicyclic) bond motifs is 3. The molecule has 0 radical (unpaired) electrons. The van der Waals surface area contributed by atoms with Gasteiger partial charge in [-0.15, -0.1) is 0 Å². The van der Waals surface area contributed by atoms with Gasteiger partial charge in [0.2, 0.25) is 5.91 Å². The highest BCUT2D eigenvalue weighted by atomic mass is 16.5. The van der Waals surface area contributed by atoms with E-state index in [4.69, 9.17) is 4.74 Å². The third-order valence-corrected chi connectivity index (χ3v) is 7.23. The van der Waals surface area contributed by atoms with Crippen LogP contribution in [0.25, 0.3) is 11.1 Å². The highest BCUT2D eigenvalue weighted by Crippen LogP contribution is 2.44. The van der Waals surface area contributed by atoms with Gasteiger partial charge in [0.05, 0.1) is 5.92 Å². The summed E-state index contributed by atoms with van der Waals surface area (Å²) in [6, 6.07) is 15.3. The Kier molecular flexibility index (Phi) is 6.88. The van der Waals surface area contributed by atoms with Crippen molar-refractivity contribution in [1.82, 2.24) is 10.2 Å². The van der Waals surface area contributed by atoms with E-state index in [9.17, 15) is 19.5 Å². The van der Waals surface area contributed by atoms with E-state index in [1.807, 2.05) is 52.0 Å². The smallest absolute Gasteiger partial charge is 0.407 e.